The molecule has 0 N–H and O–H groups in total. The first kappa shape index (κ1) is 13.2. The van der Waals surface area contributed by atoms with Crippen LogP contribution in [0.15, 0.2) is 11.6 Å². The minimum atomic E-state index is 0.371. The van der Waals surface area contributed by atoms with E-state index in [0.29, 0.717) is 17.2 Å². The third-order valence-corrected chi connectivity index (χ3v) is 5.83. The number of allylic oxidation sites excluding steroid dienone is 2. The topological polar surface area (TPSA) is 20.3 Å². The number of amides is 1. The molecule has 3 rings (SSSR count). The maximum Gasteiger partial charge on any atom is 0.225 e. The highest BCUT2D eigenvalue weighted by molar-refractivity contribution is 5.80. The lowest BCUT2D eigenvalue weighted by molar-refractivity contribution is -0.131. The van der Waals surface area contributed by atoms with E-state index in [2.05, 4.69) is 19.9 Å². The van der Waals surface area contributed by atoms with Crippen LogP contribution >= 0.6 is 0 Å². The van der Waals surface area contributed by atoms with Gasteiger partial charge >= 0.3 is 0 Å². The molecular formula is C17H27NO. The fourth-order valence-corrected chi connectivity index (χ4v) is 3.87. The Labute approximate surface area is 117 Å². The van der Waals surface area contributed by atoms with Crippen LogP contribution in [0.5, 0.6) is 0 Å². The first-order valence-electron chi connectivity index (χ1n) is 7.91. The number of carbonyl (C=O) groups is 1. The van der Waals surface area contributed by atoms with E-state index in [1.54, 1.807) is 5.57 Å². The maximum absolute atomic E-state index is 12.0. The smallest absolute Gasteiger partial charge is 0.225 e. The molecule has 0 heterocycles. The Morgan fingerprint density at radius 3 is 2.74 bits per heavy atom. The third-order valence-electron chi connectivity index (χ3n) is 5.83. The summed E-state index contributed by atoms with van der Waals surface area (Å²) in [5.41, 5.74) is 2.08. The second-order valence-electron chi connectivity index (χ2n) is 7.42. The van der Waals surface area contributed by atoms with E-state index in [1.807, 2.05) is 11.9 Å². The van der Waals surface area contributed by atoms with Gasteiger partial charge in [0.05, 0.1) is 0 Å². The maximum atomic E-state index is 12.0. The lowest BCUT2D eigenvalue weighted by atomic mass is 9.78. The van der Waals surface area contributed by atoms with Crippen molar-refractivity contribution >= 4 is 5.91 Å². The van der Waals surface area contributed by atoms with Gasteiger partial charge in [-0.25, -0.2) is 0 Å². The van der Waals surface area contributed by atoms with Crippen LogP contribution < -0.4 is 0 Å². The third kappa shape index (κ3) is 2.59. The first-order valence-corrected chi connectivity index (χ1v) is 7.91. The summed E-state index contributed by atoms with van der Waals surface area (Å²) in [6.07, 6.45) is 9.91. The lowest BCUT2D eigenvalue weighted by Crippen LogP contribution is -2.31. The zero-order chi connectivity index (χ0) is 13.6. The highest BCUT2D eigenvalue weighted by Crippen LogP contribution is 2.60. The standard InChI is InChI=1S/C17H27NO/c1-12-4-8-14(9-5-12)17(2)10-15(17)11-18(3)16(19)13-6-7-13/h4,13-15H,5-11H2,1-3H3. The Bertz CT molecular complexity index is 409. The molecule has 106 valence electrons. The lowest BCUT2D eigenvalue weighted by Gasteiger charge is -2.28. The Kier molecular flexibility index (Phi) is 3.23. The average Bonchev–Trinajstić information content (AvgIpc) is 3.27. The molecule has 3 unspecified atom stereocenters. The molecule has 3 aliphatic rings. The number of nitrogens with zero attached hydrogens (tertiary/aromatic N) is 1. The highest BCUT2D eigenvalue weighted by atomic mass is 16.2. The van der Waals surface area contributed by atoms with Crippen LogP contribution in [0.3, 0.4) is 0 Å². The fraction of sp³-hybridized carbons (Fsp3) is 0.824. The molecule has 3 aliphatic carbocycles. The highest BCUT2D eigenvalue weighted by Gasteiger charge is 2.55. The van der Waals surface area contributed by atoms with Crippen molar-refractivity contribution in [2.75, 3.05) is 13.6 Å². The van der Waals surface area contributed by atoms with E-state index in [4.69, 9.17) is 0 Å². The summed E-state index contributed by atoms with van der Waals surface area (Å²) in [5, 5.41) is 0. The first-order chi connectivity index (χ1) is 9.00. The number of hydrogen-bond donors (Lipinski definition) is 0. The van der Waals surface area contributed by atoms with E-state index in [1.165, 1.54) is 25.7 Å². The Morgan fingerprint density at radius 1 is 1.42 bits per heavy atom. The van der Waals surface area contributed by atoms with Crippen molar-refractivity contribution in [3.05, 3.63) is 11.6 Å². The van der Waals surface area contributed by atoms with Gasteiger partial charge in [0, 0.05) is 19.5 Å². The summed E-state index contributed by atoms with van der Waals surface area (Å²) in [5.74, 6) is 2.37. The molecule has 2 fully saturated rings. The Morgan fingerprint density at radius 2 is 2.16 bits per heavy atom. The molecule has 2 heteroatoms. The van der Waals surface area contributed by atoms with Crippen molar-refractivity contribution in [2.45, 2.75) is 52.4 Å². The monoisotopic (exact) mass is 261 g/mol. The minimum Gasteiger partial charge on any atom is -0.345 e. The van der Waals surface area contributed by atoms with Crippen molar-refractivity contribution in [2.24, 2.45) is 23.2 Å². The second kappa shape index (κ2) is 4.64. The van der Waals surface area contributed by atoms with Crippen LogP contribution in [0, 0.1) is 23.2 Å². The molecule has 0 spiro atoms. The van der Waals surface area contributed by atoms with Gasteiger partial charge in [-0.1, -0.05) is 18.6 Å². The molecule has 2 saturated carbocycles. The van der Waals surface area contributed by atoms with Crippen molar-refractivity contribution in [3.8, 4) is 0 Å². The van der Waals surface area contributed by atoms with Crippen LogP contribution in [0.25, 0.3) is 0 Å². The number of hydrogen-bond acceptors (Lipinski definition) is 1. The van der Waals surface area contributed by atoms with Gasteiger partial charge in [0.15, 0.2) is 0 Å². The van der Waals surface area contributed by atoms with Crippen LogP contribution in [0.1, 0.15) is 52.4 Å². The van der Waals surface area contributed by atoms with Gasteiger partial charge in [-0.3, -0.25) is 4.79 Å². The van der Waals surface area contributed by atoms with Gasteiger partial charge in [-0.05, 0) is 62.7 Å². The second-order valence-corrected chi connectivity index (χ2v) is 7.42. The number of carbonyl (C=O) groups excluding carboxylic acids is 1. The molecule has 19 heavy (non-hydrogen) atoms. The molecule has 0 saturated heterocycles. The normalized spacial score (nSPS) is 37.7. The average molecular weight is 261 g/mol. The molecule has 0 aromatic carbocycles. The van der Waals surface area contributed by atoms with Crippen molar-refractivity contribution in [1.29, 1.82) is 0 Å². The number of rotatable bonds is 4. The summed E-state index contributed by atoms with van der Waals surface area (Å²) < 4.78 is 0. The molecule has 0 radical (unpaired) electrons. The minimum absolute atomic E-state index is 0.371. The predicted octanol–water partition coefficient (Wildman–Crippen LogP) is 3.63. The molecule has 0 bridgehead atoms. The van der Waals surface area contributed by atoms with Gasteiger partial charge in [0.25, 0.3) is 0 Å². The van der Waals surface area contributed by atoms with Gasteiger partial charge < -0.3 is 4.90 Å². The van der Waals surface area contributed by atoms with Gasteiger partial charge in [0.1, 0.15) is 0 Å². The van der Waals surface area contributed by atoms with E-state index in [0.717, 1.165) is 31.2 Å². The summed E-state index contributed by atoms with van der Waals surface area (Å²) in [7, 11) is 2.00. The summed E-state index contributed by atoms with van der Waals surface area (Å²) in [4.78, 5) is 14.0. The summed E-state index contributed by atoms with van der Waals surface area (Å²) in [6, 6.07) is 0. The van der Waals surface area contributed by atoms with Crippen LogP contribution in [0.2, 0.25) is 0 Å². The van der Waals surface area contributed by atoms with E-state index in [9.17, 15) is 4.79 Å². The predicted molar refractivity (Wildman–Crippen MR) is 77.7 cm³/mol. The summed E-state index contributed by atoms with van der Waals surface area (Å²) in [6.45, 7) is 5.70. The van der Waals surface area contributed by atoms with Gasteiger partial charge in [0.2, 0.25) is 5.91 Å². The van der Waals surface area contributed by atoms with E-state index in [-0.39, 0.29) is 0 Å². The molecule has 2 nitrogen and oxygen atoms in total. The molecule has 1 amide bonds. The summed E-state index contributed by atoms with van der Waals surface area (Å²) >= 11 is 0. The quantitative estimate of drug-likeness (QED) is 0.708. The van der Waals surface area contributed by atoms with Crippen LogP contribution in [0.4, 0.5) is 0 Å². The zero-order valence-corrected chi connectivity index (χ0v) is 12.6. The van der Waals surface area contributed by atoms with Gasteiger partial charge in [-0.2, -0.15) is 0 Å². The molecule has 0 aromatic heterocycles. The van der Waals surface area contributed by atoms with Crippen molar-refractivity contribution in [1.82, 2.24) is 4.90 Å². The SMILES string of the molecule is CC1=CCC(C2(C)CC2CN(C)C(=O)C2CC2)CC1. The van der Waals surface area contributed by atoms with Crippen LogP contribution in [-0.4, -0.2) is 24.4 Å². The molecule has 0 aromatic rings. The van der Waals surface area contributed by atoms with Gasteiger partial charge in [-0.15, -0.1) is 0 Å². The largest absolute Gasteiger partial charge is 0.345 e. The van der Waals surface area contributed by atoms with E-state index >= 15 is 0 Å². The molecular weight excluding hydrogens is 234 g/mol. The van der Waals surface area contributed by atoms with Crippen LogP contribution in [-0.2, 0) is 4.79 Å². The zero-order valence-electron chi connectivity index (χ0n) is 12.6. The Balaban J connectivity index is 1.53. The Hall–Kier alpha value is -0.790. The van der Waals surface area contributed by atoms with Crippen molar-refractivity contribution < 1.29 is 4.79 Å². The fourth-order valence-electron chi connectivity index (χ4n) is 3.87. The van der Waals surface area contributed by atoms with Crippen molar-refractivity contribution in [3.63, 3.8) is 0 Å². The molecule has 0 aliphatic heterocycles. The molecule has 3 atom stereocenters. The van der Waals surface area contributed by atoms with E-state index < -0.39 is 0 Å².